The van der Waals surface area contributed by atoms with E-state index in [9.17, 15) is 0 Å². The Morgan fingerprint density at radius 2 is 0.774 bits per heavy atom. The molecule has 1 nitrogen and oxygen atoms in total. The standard InChI is InChI=1S/C30H55N/c1-4-7-10-13-16-19-22-27-25-28(23-20-17-14-11-8-5-2)30(31)29(26-27)24-21-18-15-12-9-6-3/h25-26H,4-24,31H2,1-3H3. The summed E-state index contributed by atoms with van der Waals surface area (Å²) in [5.74, 6) is 0. The van der Waals surface area contributed by atoms with Crippen LogP contribution in [0.5, 0.6) is 0 Å². The lowest BCUT2D eigenvalue weighted by molar-refractivity contribution is 0.602. The second kappa shape index (κ2) is 19.7. The molecule has 0 aromatic heterocycles. The summed E-state index contributed by atoms with van der Waals surface area (Å²) < 4.78 is 0. The predicted molar refractivity (Wildman–Crippen MR) is 142 cm³/mol. The quantitative estimate of drug-likeness (QED) is 0.153. The molecule has 0 spiro atoms. The first-order valence-corrected chi connectivity index (χ1v) is 14.1. The first kappa shape index (κ1) is 28.1. The highest BCUT2D eigenvalue weighted by Gasteiger charge is 2.09. The molecule has 0 saturated heterocycles. The zero-order valence-electron chi connectivity index (χ0n) is 21.6. The molecule has 2 N–H and O–H groups in total. The number of nitrogens with two attached hydrogens (primary N) is 1. The summed E-state index contributed by atoms with van der Waals surface area (Å²) in [7, 11) is 0. The molecule has 1 aromatic carbocycles. The van der Waals surface area contributed by atoms with Crippen molar-refractivity contribution in [1.82, 2.24) is 0 Å². The van der Waals surface area contributed by atoms with Gasteiger partial charge in [-0.1, -0.05) is 129 Å². The van der Waals surface area contributed by atoms with E-state index in [4.69, 9.17) is 5.73 Å². The molecule has 0 aliphatic carbocycles. The van der Waals surface area contributed by atoms with Gasteiger partial charge in [-0.15, -0.1) is 0 Å². The Bertz CT molecular complexity index is 496. The molecule has 0 atom stereocenters. The summed E-state index contributed by atoms with van der Waals surface area (Å²) in [5, 5.41) is 0. The van der Waals surface area contributed by atoms with Crippen molar-refractivity contribution in [3.05, 3.63) is 28.8 Å². The van der Waals surface area contributed by atoms with Gasteiger partial charge in [0.05, 0.1) is 0 Å². The van der Waals surface area contributed by atoms with Crippen molar-refractivity contribution < 1.29 is 0 Å². The Hall–Kier alpha value is -0.980. The Balaban J connectivity index is 2.60. The van der Waals surface area contributed by atoms with E-state index < -0.39 is 0 Å². The first-order valence-electron chi connectivity index (χ1n) is 14.1. The summed E-state index contributed by atoms with van der Waals surface area (Å²) in [4.78, 5) is 0. The van der Waals surface area contributed by atoms with Gasteiger partial charge in [-0.25, -0.2) is 0 Å². The largest absolute Gasteiger partial charge is 0.398 e. The van der Waals surface area contributed by atoms with Crippen molar-refractivity contribution >= 4 is 5.69 Å². The van der Waals surface area contributed by atoms with Crippen LogP contribution in [0.25, 0.3) is 0 Å². The highest BCUT2D eigenvalue weighted by molar-refractivity contribution is 5.56. The van der Waals surface area contributed by atoms with Gasteiger partial charge >= 0.3 is 0 Å². The van der Waals surface area contributed by atoms with Crippen molar-refractivity contribution in [2.75, 3.05) is 5.73 Å². The van der Waals surface area contributed by atoms with Crippen LogP contribution >= 0.6 is 0 Å². The number of anilines is 1. The number of rotatable bonds is 21. The fourth-order valence-corrected chi connectivity index (χ4v) is 4.71. The molecule has 0 heterocycles. The van der Waals surface area contributed by atoms with Gasteiger partial charge in [0.15, 0.2) is 0 Å². The lowest BCUT2D eigenvalue weighted by Crippen LogP contribution is -2.03. The monoisotopic (exact) mass is 429 g/mol. The molecule has 31 heavy (non-hydrogen) atoms. The highest BCUT2D eigenvalue weighted by atomic mass is 14.6. The summed E-state index contributed by atoms with van der Waals surface area (Å²) >= 11 is 0. The second-order valence-corrected chi connectivity index (χ2v) is 9.88. The maximum absolute atomic E-state index is 6.69. The summed E-state index contributed by atoms with van der Waals surface area (Å²) in [6.45, 7) is 6.88. The third-order valence-electron chi connectivity index (χ3n) is 6.83. The Morgan fingerprint density at radius 1 is 0.452 bits per heavy atom. The Kier molecular flexibility index (Phi) is 17.8. The first-order chi connectivity index (χ1) is 15.2. The van der Waals surface area contributed by atoms with E-state index in [1.165, 1.54) is 146 Å². The number of benzene rings is 1. The molecular weight excluding hydrogens is 374 g/mol. The van der Waals surface area contributed by atoms with Gasteiger partial charge in [-0.3, -0.25) is 0 Å². The van der Waals surface area contributed by atoms with Crippen LogP contribution in [0.3, 0.4) is 0 Å². The Labute approximate surface area is 196 Å². The molecule has 0 fully saturated rings. The highest BCUT2D eigenvalue weighted by Crippen LogP contribution is 2.26. The topological polar surface area (TPSA) is 26.0 Å². The van der Waals surface area contributed by atoms with Crippen LogP contribution in [0, 0.1) is 0 Å². The maximum atomic E-state index is 6.69. The second-order valence-electron chi connectivity index (χ2n) is 9.88. The fourth-order valence-electron chi connectivity index (χ4n) is 4.71. The molecule has 180 valence electrons. The van der Waals surface area contributed by atoms with Gasteiger partial charge in [-0.05, 0) is 55.2 Å². The zero-order valence-corrected chi connectivity index (χ0v) is 21.6. The van der Waals surface area contributed by atoms with Gasteiger partial charge < -0.3 is 5.73 Å². The molecule has 1 rings (SSSR count). The van der Waals surface area contributed by atoms with E-state index in [1.54, 1.807) is 5.56 Å². The van der Waals surface area contributed by atoms with Crippen molar-refractivity contribution in [2.24, 2.45) is 0 Å². The van der Waals surface area contributed by atoms with Gasteiger partial charge in [0, 0.05) is 5.69 Å². The van der Waals surface area contributed by atoms with Crippen LogP contribution in [0.1, 0.15) is 153 Å². The van der Waals surface area contributed by atoms with Crippen LogP contribution in [0.4, 0.5) is 5.69 Å². The minimum Gasteiger partial charge on any atom is -0.398 e. The molecule has 0 saturated carbocycles. The van der Waals surface area contributed by atoms with Gasteiger partial charge in [-0.2, -0.15) is 0 Å². The van der Waals surface area contributed by atoms with Gasteiger partial charge in [0.1, 0.15) is 0 Å². The molecule has 0 unspecified atom stereocenters. The van der Waals surface area contributed by atoms with Crippen molar-refractivity contribution in [3.63, 3.8) is 0 Å². The summed E-state index contributed by atoms with van der Waals surface area (Å²) in [5.41, 5.74) is 12.2. The molecular formula is C30H55N. The van der Waals surface area contributed by atoms with Crippen molar-refractivity contribution in [3.8, 4) is 0 Å². The third kappa shape index (κ3) is 13.9. The van der Waals surface area contributed by atoms with Crippen molar-refractivity contribution in [1.29, 1.82) is 0 Å². The number of hydrogen-bond donors (Lipinski definition) is 1. The van der Waals surface area contributed by atoms with Crippen LogP contribution in [-0.4, -0.2) is 0 Å². The van der Waals surface area contributed by atoms with E-state index in [-0.39, 0.29) is 0 Å². The average Bonchev–Trinajstić information content (AvgIpc) is 2.77. The molecule has 0 amide bonds. The SMILES string of the molecule is CCCCCCCCc1cc(CCCCCCCC)c(N)c(CCCCCCCC)c1. The van der Waals surface area contributed by atoms with E-state index in [0.29, 0.717) is 0 Å². The minimum absolute atomic E-state index is 1.12. The van der Waals surface area contributed by atoms with Crippen LogP contribution in [0.15, 0.2) is 12.1 Å². The zero-order chi connectivity index (χ0) is 22.6. The minimum atomic E-state index is 1.12. The number of unbranched alkanes of at least 4 members (excludes halogenated alkanes) is 15. The molecule has 0 bridgehead atoms. The molecule has 0 aliphatic heterocycles. The summed E-state index contributed by atoms with van der Waals surface area (Å²) in [6.07, 6.45) is 28.1. The van der Waals surface area contributed by atoms with Gasteiger partial charge in [0.2, 0.25) is 0 Å². The van der Waals surface area contributed by atoms with Crippen molar-refractivity contribution in [2.45, 2.75) is 156 Å². The molecule has 1 aromatic rings. The third-order valence-corrected chi connectivity index (χ3v) is 6.83. The number of hydrogen-bond acceptors (Lipinski definition) is 1. The van der Waals surface area contributed by atoms with Crippen LogP contribution in [0.2, 0.25) is 0 Å². The summed E-state index contributed by atoms with van der Waals surface area (Å²) in [6, 6.07) is 4.91. The molecule has 1 heteroatoms. The number of nitrogen functional groups attached to an aromatic ring is 1. The lowest BCUT2D eigenvalue weighted by Gasteiger charge is -2.15. The van der Waals surface area contributed by atoms with Gasteiger partial charge in [0.25, 0.3) is 0 Å². The normalized spacial score (nSPS) is 11.3. The van der Waals surface area contributed by atoms with Crippen LogP contribution in [-0.2, 0) is 19.3 Å². The Morgan fingerprint density at radius 3 is 1.16 bits per heavy atom. The average molecular weight is 430 g/mol. The smallest absolute Gasteiger partial charge is 0.0379 e. The van der Waals surface area contributed by atoms with E-state index in [2.05, 4.69) is 32.9 Å². The predicted octanol–water partition coefficient (Wildman–Crippen LogP) is 9.98. The van der Waals surface area contributed by atoms with Crippen LogP contribution < -0.4 is 5.73 Å². The fraction of sp³-hybridized carbons (Fsp3) is 0.800. The van der Waals surface area contributed by atoms with E-state index >= 15 is 0 Å². The lowest BCUT2D eigenvalue weighted by atomic mass is 9.93. The number of aryl methyl sites for hydroxylation is 3. The van der Waals surface area contributed by atoms with E-state index in [0.717, 1.165) is 5.69 Å². The maximum Gasteiger partial charge on any atom is 0.0379 e. The van der Waals surface area contributed by atoms with E-state index in [1.807, 2.05) is 0 Å². The molecule has 0 aliphatic rings. The molecule has 0 radical (unpaired) electrons.